The van der Waals surface area contributed by atoms with Crippen molar-refractivity contribution in [2.45, 2.75) is 45.6 Å². The molecule has 0 N–H and O–H groups in total. The van der Waals surface area contributed by atoms with E-state index < -0.39 is 0 Å². The molecule has 2 rings (SSSR count). The van der Waals surface area contributed by atoms with Gasteiger partial charge in [-0.05, 0) is 25.0 Å². The van der Waals surface area contributed by atoms with Crippen molar-refractivity contribution in [3.63, 3.8) is 0 Å². The molecule has 0 amide bonds. The van der Waals surface area contributed by atoms with Crippen molar-refractivity contribution in [1.82, 2.24) is 9.55 Å². The van der Waals surface area contributed by atoms with Gasteiger partial charge in [-0.3, -0.25) is 0 Å². The summed E-state index contributed by atoms with van der Waals surface area (Å²) in [4.78, 5) is 4.71. The second-order valence-electron chi connectivity index (χ2n) is 4.56. The first-order chi connectivity index (χ1) is 8.81. The summed E-state index contributed by atoms with van der Waals surface area (Å²) in [6.07, 6.45) is 3.56. The third-order valence-electron chi connectivity index (χ3n) is 3.31. The molecule has 1 atom stereocenters. The van der Waals surface area contributed by atoms with Gasteiger partial charge < -0.3 is 4.57 Å². The topological polar surface area (TPSA) is 41.6 Å². The molecule has 3 nitrogen and oxygen atoms in total. The number of nitrogens with zero attached hydrogens (tertiary/aromatic N) is 3. The zero-order chi connectivity index (χ0) is 13.0. The van der Waals surface area contributed by atoms with Crippen molar-refractivity contribution >= 4 is 11.0 Å². The lowest BCUT2D eigenvalue weighted by atomic mass is 10.1. The Morgan fingerprint density at radius 3 is 2.78 bits per heavy atom. The maximum atomic E-state index is 8.98. The molecule has 0 radical (unpaired) electrons. The third kappa shape index (κ3) is 2.24. The number of rotatable bonds is 5. The number of aromatic nitrogens is 2. The first-order valence-electron chi connectivity index (χ1n) is 6.64. The Balaban J connectivity index is 2.57. The fraction of sp³-hybridized carbons (Fsp3) is 0.467. The van der Waals surface area contributed by atoms with Crippen LogP contribution in [-0.2, 0) is 6.42 Å². The SMILES string of the molecule is CCCc1nc2ccccc2n1C(CC)CC#N. The van der Waals surface area contributed by atoms with Crippen LogP contribution in [0.1, 0.15) is 45.0 Å². The predicted octanol–water partition coefficient (Wildman–Crippen LogP) is 3.85. The van der Waals surface area contributed by atoms with Crippen LogP contribution in [0, 0.1) is 11.3 Å². The van der Waals surface area contributed by atoms with Gasteiger partial charge in [-0.2, -0.15) is 5.26 Å². The van der Waals surface area contributed by atoms with Crippen molar-refractivity contribution in [2.75, 3.05) is 0 Å². The summed E-state index contributed by atoms with van der Waals surface area (Å²) in [5.41, 5.74) is 2.19. The number of fused-ring (bicyclic) bond motifs is 1. The minimum Gasteiger partial charge on any atom is -0.324 e. The maximum Gasteiger partial charge on any atom is 0.110 e. The highest BCUT2D eigenvalue weighted by atomic mass is 15.1. The van der Waals surface area contributed by atoms with Crippen LogP contribution in [0.5, 0.6) is 0 Å². The summed E-state index contributed by atoms with van der Waals surface area (Å²) < 4.78 is 2.27. The van der Waals surface area contributed by atoms with Crippen molar-refractivity contribution in [2.24, 2.45) is 0 Å². The summed E-state index contributed by atoms with van der Waals surface area (Å²) in [6.45, 7) is 4.29. The van der Waals surface area contributed by atoms with Gasteiger partial charge in [0, 0.05) is 12.5 Å². The Morgan fingerprint density at radius 1 is 1.33 bits per heavy atom. The normalized spacial score (nSPS) is 12.5. The first kappa shape index (κ1) is 12.6. The molecule has 0 aliphatic carbocycles. The highest BCUT2D eigenvalue weighted by Gasteiger charge is 2.16. The summed E-state index contributed by atoms with van der Waals surface area (Å²) >= 11 is 0. The highest BCUT2D eigenvalue weighted by molar-refractivity contribution is 5.76. The van der Waals surface area contributed by atoms with E-state index in [2.05, 4.69) is 30.6 Å². The molecule has 1 aromatic carbocycles. The number of hydrogen-bond donors (Lipinski definition) is 0. The molecule has 94 valence electrons. The van der Waals surface area contributed by atoms with E-state index in [9.17, 15) is 0 Å². The number of aryl methyl sites for hydroxylation is 1. The first-order valence-corrected chi connectivity index (χ1v) is 6.64. The average molecular weight is 241 g/mol. The van der Waals surface area contributed by atoms with Gasteiger partial charge in [0.1, 0.15) is 5.82 Å². The molecule has 3 heteroatoms. The molecule has 0 saturated carbocycles. The van der Waals surface area contributed by atoms with Crippen LogP contribution in [0.4, 0.5) is 0 Å². The van der Waals surface area contributed by atoms with E-state index in [4.69, 9.17) is 10.2 Å². The fourth-order valence-electron chi connectivity index (χ4n) is 2.43. The minimum absolute atomic E-state index is 0.240. The molecule has 0 fully saturated rings. The van der Waals surface area contributed by atoms with Gasteiger partial charge in [-0.25, -0.2) is 4.98 Å². The highest BCUT2D eigenvalue weighted by Crippen LogP contribution is 2.25. The van der Waals surface area contributed by atoms with Gasteiger partial charge in [0.15, 0.2) is 0 Å². The number of imidazole rings is 1. The van der Waals surface area contributed by atoms with Crippen LogP contribution < -0.4 is 0 Å². The zero-order valence-electron chi connectivity index (χ0n) is 11.1. The van der Waals surface area contributed by atoms with Gasteiger partial charge in [-0.1, -0.05) is 26.0 Å². The van der Waals surface area contributed by atoms with Crippen molar-refractivity contribution in [1.29, 1.82) is 5.26 Å². The molecule has 0 aliphatic heterocycles. The van der Waals surface area contributed by atoms with Crippen LogP contribution in [0.15, 0.2) is 24.3 Å². The fourth-order valence-corrected chi connectivity index (χ4v) is 2.43. The van der Waals surface area contributed by atoms with Gasteiger partial charge >= 0.3 is 0 Å². The average Bonchev–Trinajstić information content (AvgIpc) is 2.74. The van der Waals surface area contributed by atoms with Crippen LogP contribution in [0.2, 0.25) is 0 Å². The summed E-state index contributed by atoms with van der Waals surface area (Å²) in [5, 5.41) is 8.98. The molecule has 1 heterocycles. The minimum atomic E-state index is 0.240. The Morgan fingerprint density at radius 2 is 2.11 bits per heavy atom. The van der Waals surface area contributed by atoms with Crippen molar-refractivity contribution in [3.05, 3.63) is 30.1 Å². The number of hydrogen-bond acceptors (Lipinski definition) is 2. The summed E-state index contributed by atoms with van der Waals surface area (Å²) in [6, 6.07) is 10.7. The van der Waals surface area contributed by atoms with Gasteiger partial charge in [0.2, 0.25) is 0 Å². The second kappa shape index (κ2) is 5.68. The maximum absolute atomic E-state index is 8.98. The van der Waals surface area contributed by atoms with E-state index in [-0.39, 0.29) is 6.04 Å². The molecule has 0 bridgehead atoms. The molecular formula is C15H19N3. The third-order valence-corrected chi connectivity index (χ3v) is 3.31. The van der Waals surface area contributed by atoms with Crippen molar-refractivity contribution < 1.29 is 0 Å². The van der Waals surface area contributed by atoms with Crippen LogP contribution in [-0.4, -0.2) is 9.55 Å². The zero-order valence-corrected chi connectivity index (χ0v) is 11.1. The largest absolute Gasteiger partial charge is 0.324 e. The summed E-state index contributed by atoms with van der Waals surface area (Å²) in [7, 11) is 0. The number of nitriles is 1. The monoisotopic (exact) mass is 241 g/mol. The molecule has 0 saturated heterocycles. The van der Waals surface area contributed by atoms with E-state index in [0.717, 1.165) is 36.1 Å². The van der Waals surface area contributed by atoms with E-state index in [0.29, 0.717) is 6.42 Å². The lowest BCUT2D eigenvalue weighted by Gasteiger charge is -2.17. The van der Waals surface area contributed by atoms with Gasteiger partial charge in [0.05, 0.1) is 23.5 Å². The molecule has 1 unspecified atom stereocenters. The number of benzene rings is 1. The summed E-state index contributed by atoms with van der Waals surface area (Å²) in [5.74, 6) is 1.11. The smallest absolute Gasteiger partial charge is 0.110 e. The lowest BCUT2D eigenvalue weighted by molar-refractivity contribution is 0.488. The van der Waals surface area contributed by atoms with Crippen LogP contribution >= 0.6 is 0 Å². The molecule has 18 heavy (non-hydrogen) atoms. The Hall–Kier alpha value is -1.82. The molecule has 0 aliphatic rings. The van der Waals surface area contributed by atoms with Crippen molar-refractivity contribution in [3.8, 4) is 6.07 Å². The molecular weight excluding hydrogens is 222 g/mol. The number of para-hydroxylation sites is 2. The van der Waals surface area contributed by atoms with E-state index in [1.807, 2.05) is 18.2 Å². The Kier molecular flexibility index (Phi) is 3.99. The van der Waals surface area contributed by atoms with E-state index >= 15 is 0 Å². The lowest BCUT2D eigenvalue weighted by Crippen LogP contribution is -2.11. The second-order valence-corrected chi connectivity index (χ2v) is 4.56. The molecule has 0 spiro atoms. The van der Waals surface area contributed by atoms with Gasteiger partial charge in [0.25, 0.3) is 0 Å². The molecule has 1 aromatic heterocycles. The van der Waals surface area contributed by atoms with E-state index in [1.165, 1.54) is 0 Å². The van der Waals surface area contributed by atoms with Crippen LogP contribution in [0.3, 0.4) is 0 Å². The quantitative estimate of drug-likeness (QED) is 0.797. The van der Waals surface area contributed by atoms with Gasteiger partial charge in [-0.15, -0.1) is 0 Å². The standard InChI is InChI=1S/C15H19N3/c1-3-7-15-17-13-8-5-6-9-14(13)18(15)12(4-2)10-11-16/h5-6,8-9,12H,3-4,7,10H2,1-2H3. The molecule has 2 aromatic rings. The Labute approximate surface area is 108 Å². The van der Waals surface area contributed by atoms with E-state index in [1.54, 1.807) is 0 Å². The van der Waals surface area contributed by atoms with Crippen LogP contribution in [0.25, 0.3) is 11.0 Å². The Bertz CT molecular complexity index is 563. The predicted molar refractivity (Wildman–Crippen MR) is 73.3 cm³/mol.